The minimum atomic E-state index is -0.171. The fraction of sp³-hybridized carbons (Fsp3) is 0.167. The standard InChI is InChI=1S/C18H16Cl2N4O/c1-12(13-4-3-8-21-11-13)23(2)18(25)17-7-9-24(22-17)14-5-6-15(19)16(20)10-14/h3-12H,1-2H3. The fourth-order valence-electron chi connectivity index (χ4n) is 2.41. The van der Waals surface area contributed by atoms with E-state index in [-0.39, 0.29) is 11.9 Å². The number of carbonyl (C=O) groups excluding carboxylic acids is 1. The Balaban J connectivity index is 1.81. The number of rotatable bonds is 4. The maximum absolute atomic E-state index is 12.7. The van der Waals surface area contributed by atoms with Gasteiger partial charge in [-0.05, 0) is 42.8 Å². The minimum absolute atomic E-state index is 0.115. The lowest BCUT2D eigenvalue weighted by Gasteiger charge is -2.24. The molecule has 1 atom stereocenters. The molecule has 3 aromatic rings. The van der Waals surface area contributed by atoms with Gasteiger partial charge < -0.3 is 4.90 Å². The number of hydrogen-bond donors (Lipinski definition) is 0. The van der Waals surface area contributed by atoms with Crippen molar-refractivity contribution in [1.29, 1.82) is 0 Å². The van der Waals surface area contributed by atoms with E-state index in [1.54, 1.807) is 59.5 Å². The number of amides is 1. The molecule has 0 aliphatic carbocycles. The van der Waals surface area contributed by atoms with Crippen molar-refractivity contribution < 1.29 is 4.79 Å². The van der Waals surface area contributed by atoms with Crippen molar-refractivity contribution in [2.45, 2.75) is 13.0 Å². The lowest BCUT2D eigenvalue weighted by Crippen LogP contribution is -2.30. The van der Waals surface area contributed by atoms with Crippen LogP contribution in [-0.4, -0.2) is 32.6 Å². The highest BCUT2D eigenvalue weighted by Gasteiger charge is 2.21. The highest BCUT2D eigenvalue weighted by Crippen LogP contribution is 2.24. The van der Waals surface area contributed by atoms with Gasteiger partial charge in [0.25, 0.3) is 5.91 Å². The Morgan fingerprint density at radius 2 is 2.00 bits per heavy atom. The van der Waals surface area contributed by atoms with E-state index in [1.807, 2.05) is 19.1 Å². The molecule has 2 heterocycles. The Hall–Kier alpha value is -2.37. The summed E-state index contributed by atoms with van der Waals surface area (Å²) in [5, 5.41) is 5.26. The van der Waals surface area contributed by atoms with Gasteiger partial charge in [0.1, 0.15) is 0 Å². The molecule has 1 aromatic carbocycles. The van der Waals surface area contributed by atoms with Crippen LogP contribution in [0.15, 0.2) is 55.0 Å². The highest BCUT2D eigenvalue weighted by molar-refractivity contribution is 6.42. The van der Waals surface area contributed by atoms with E-state index in [9.17, 15) is 4.79 Å². The van der Waals surface area contributed by atoms with Crippen LogP contribution in [0.5, 0.6) is 0 Å². The summed E-state index contributed by atoms with van der Waals surface area (Å²) in [5.41, 5.74) is 2.04. The summed E-state index contributed by atoms with van der Waals surface area (Å²) in [4.78, 5) is 18.4. The largest absolute Gasteiger partial charge is 0.333 e. The van der Waals surface area contributed by atoms with Crippen LogP contribution in [0.2, 0.25) is 10.0 Å². The predicted molar refractivity (Wildman–Crippen MR) is 98.3 cm³/mol. The van der Waals surface area contributed by atoms with E-state index >= 15 is 0 Å². The molecule has 0 radical (unpaired) electrons. The zero-order valence-corrected chi connectivity index (χ0v) is 15.2. The first kappa shape index (κ1) is 17.5. The highest BCUT2D eigenvalue weighted by atomic mass is 35.5. The summed E-state index contributed by atoms with van der Waals surface area (Å²) in [6.07, 6.45) is 5.18. The molecular weight excluding hydrogens is 359 g/mol. The van der Waals surface area contributed by atoms with Gasteiger partial charge in [0.2, 0.25) is 0 Å². The molecule has 2 aromatic heterocycles. The van der Waals surface area contributed by atoms with Gasteiger partial charge in [0, 0.05) is 25.6 Å². The van der Waals surface area contributed by atoms with E-state index in [1.165, 1.54) is 0 Å². The molecule has 0 saturated heterocycles. The van der Waals surface area contributed by atoms with Crippen LogP contribution in [0.1, 0.15) is 29.0 Å². The number of benzene rings is 1. The van der Waals surface area contributed by atoms with Crippen molar-refractivity contribution >= 4 is 29.1 Å². The zero-order valence-electron chi connectivity index (χ0n) is 13.7. The molecular formula is C18H16Cl2N4O. The molecule has 0 fully saturated rings. The van der Waals surface area contributed by atoms with Gasteiger partial charge in [-0.25, -0.2) is 4.68 Å². The van der Waals surface area contributed by atoms with Gasteiger partial charge in [0.05, 0.1) is 21.8 Å². The van der Waals surface area contributed by atoms with Gasteiger partial charge in [-0.2, -0.15) is 5.10 Å². The van der Waals surface area contributed by atoms with Gasteiger partial charge in [0.15, 0.2) is 5.69 Å². The van der Waals surface area contributed by atoms with Crippen LogP contribution in [0.3, 0.4) is 0 Å². The number of aromatic nitrogens is 3. The molecule has 3 rings (SSSR count). The summed E-state index contributed by atoms with van der Waals surface area (Å²) >= 11 is 12.0. The molecule has 0 aliphatic heterocycles. The summed E-state index contributed by atoms with van der Waals surface area (Å²) in [6, 6.07) is 10.5. The van der Waals surface area contributed by atoms with Crippen molar-refractivity contribution in [1.82, 2.24) is 19.7 Å². The van der Waals surface area contributed by atoms with E-state index in [2.05, 4.69) is 10.1 Å². The average Bonchev–Trinajstić information content (AvgIpc) is 3.13. The number of pyridine rings is 1. The molecule has 5 nitrogen and oxygen atoms in total. The first-order valence-electron chi connectivity index (χ1n) is 7.65. The van der Waals surface area contributed by atoms with Gasteiger partial charge in [-0.15, -0.1) is 0 Å². The first-order chi connectivity index (χ1) is 12.0. The Morgan fingerprint density at radius 3 is 2.68 bits per heavy atom. The summed E-state index contributed by atoms with van der Waals surface area (Å²) in [5.74, 6) is -0.171. The van der Waals surface area contributed by atoms with E-state index in [4.69, 9.17) is 23.2 Å². The SMILES string of the molecule is CC(c1cccnc1)N(C)C(=O)c1ccn(-c2ccc(Cl)c(Cl)c2)n1. The second kappa shape index (κ2) is 7.25. The predicted octanol–water partition coefficient (Wildman–Crippen LogP) is 4.41. The molecule has 0 N–H and O–H groups in total. The normalized spacial score (nSPS) is 12.0. The van der Waals surface area contributed by atoms with Crippen molar-refractivity contribution in [3.05, 3.63) is 76.3 Å². The molecule has 0 aliphatic rings. The maximum atomic E-state index is 12.7. The van der Waals surface area contributed by atoms with Gasteiger partial charge in [-0.3, -0.25) is 9.78 Å². The van der Waals surface area contributed by atoms with E-state index < -0.39 is 0 Å². The lowest BCUT2D eigenvalue weighted by atomic mass is 10.1. The van der Waals surface area contributed by atoms with Crippen molar-refractivity contribution in [2.75, 3.05) is 7.05 Å². The first-order valence-corrected chi connectivity index (χ1v) is 8.41. The molecule has 25 heavy (non-hydrogen) atoms. The maximum Gasteiger partial charge on any atom is 0.274 e. The lowest BCUT2D eigenvalue weighted by molar-refractivity contribution is 0.0736. The smallest absolute Gasteiger partial charge is 0.274 e. The van der Waals surface area contributed by atoms with Crippen LogP contribution in [0.25, 0.3) is 5.69 Å². The molecule has 0 saturated carbocycles. The molecule has 1 unspecified atom stereocenters. The summed E-state index contributed by atoms with van der Waals surface area (Å²) < 4.78 is 1.60. The minimum Gasteiger partial charge on any atom is -0.333 e. The quantitative estimate of drug-likeness (QED) is 0.679. The van der Waals surface area contributed by atoms with Crippen LogP contribution < -0.4 is 0 Å². The monoisotopic (exact) mass is 374 g/mol. The van der Waals surface area contributed by atoms with Crippen LogP contribution in [-0.2, 0) is 0 Å². The Kier molecular flexibility index (Phi) is 5.06. The molecule has 128 valence electrons. The zero-order chi connectivity index (χ0) is 18.0. The average molecular weight is 375 g/mol. The second-order valence-electron chi connectivity index (χ2n) is 5.62. The number of halogens is 2. The van der Waals surface area contributed by atoms with Crippen LogP contribution in [0.4, 0.5) is 0 Å². The van der Waals surface area contributed by atoms with Gasteiger partial charge >= 0.3 is 0 Å². The Bertz CT molecular complexity index is 895. The van der Waals surface area contributed by atoms with Crippen molar-refractivity contribution in [3.63, 3.8) is 0 Å². The van der Waals surface area contributed by atoms with Gasteiger partial charge in [-0.1, -0.05) is 29.3 Å². The topological polar surface area (TPSA) is 51.0 Å². The van der Waals surface area contributed by atoms with E-state index in [0.717, 1.165) is 11.3 Å². The number of hydrogen-bond acceptors (Lipinski definition) is 3. The summed E-state index contributed by atoms with van der Waals surface area (Å²) in [7, 11) is 1.75. The molecule has 0 spiro atoms. The third-order valence-corrected chi connectivity index (χ3v) is 4.78. The summed E-state index contributed by atoms with van der Waals surface area (Å²) in [6.45, 7) is 1.95. The fourth-order valence-corrected chi connectivity index (χ4v) is 2.70. The van der Waals surface area contributed by atoms with Crippen molar-refractivity contribution in [3.8, 4) is 5.69 Å². The third kappa shape index (κ3) is 3.67. The Labute approximate surface area is 155 Å². The van der Waals surface area contributed by atoms with Crippen LogP contribution >= 0.6 is 23.2 Å². The van der Waals surface area contributed by atoms with Crippen molar-refractivity contribution in [2.24, 2.45) is 0 Å². The Morgan fingerprint density at radius 1 is 1.20 bits per heavy atom. The number of carbonyl (C=O) groups is 1. The molecule has 0 bridgehead atoms. The molecule has 7 heteroatoms. The van der Waals surface area contributed by atoms with E-state index in [0.29, 0.717) is 15.7 Å². The third-order valence-electron chi connectivity index (χ3n) is 4.04. The number of nitrogens with zero attached hydrogens (tertiary/aromatic N) is 4. The second-order valence-corrected chi connectivity index (χ2v) is 6.44. The van der Waals surface area contributed by atoms with Crippen LogP contribution in [0, 0.1) is 0 Å². The molecule has 1 amide bonds.